The molecule has 0 unspecified atom stereocenters. The van der Waals surface area contributed by atoms with Crippen molar-refractivity contribution >= 4 is 64.9 Å². The van der Waals surface area contributed by atoms with Gasteiger partial charge in [0.05, 0.1) is 11.0 Å². The van der Waals surface area contributed by atoms with Crippen molar-refractivity contribution in [2.45, 2.75) is 0 Å². The van der Waals surface area contributed by atoms with E-state index < -0.39 is 0 Å². The molecular weight excluding hydrogens is 573 g/mol. The summed E-state index contributed by atoms with van der Waals surface area (Å²) in [6.45, 7) is 0. The molecule has 47 heavy (non-hydrogen) atoms. The fourth-order valence-corrected chi connectivity index (χ4v) is 7.23. The van der Waals surface area contributed by atoms with Gasteiger partial charge in [-0.05, 0) is 61.3 Å². The summed E-state index contributed by atoms with van der Waals surface area (Å²) in [6.07, 6.45) is 0. The minimum atomic E-state index is 0.596. The highest BCUT2D eigenvalue weighted by molar-refractivity contribution is 6.22. The van der Waals surface area contributed by atoms with Crippen LogP contribution in [0.25, 0.3) is 93.6 Å². The first-order valence-electron chi connectivity index (χ1n) is 15.9. The summed E-state index contributed by atoms with van der Waals surface area (Å²) in [5.41, 5.74) is 4.02. The molecule has 0 atom stereocenters. The second kappa shape index (κ2) is 10.1. The van der Waals surface area contributed by atoms with Crippen molar-refractivity contribution in [3.63, 3.8) is 0 Å². The van der Waals surface area contributed by atoms with Gasteiger partial charge in [-0.25, -0.2) is 4.98 Å². The number of hydrogen-bond donors (Lipinski definition) is 0. The third-order valence-electron chi connectivity index (χ3n) is 9.40. The predicted molar refractivity (Wildman–Crippen MR) is 195 cm³/mol. The average molecular weight is 599 g/mol. The van der Waals surface area contributed by atoms with Crippen molar-refractivity contribution in [1.29, 1.82) is 0 Å². The fourth-order valence-electron chi connectivity index (χ4n) is 7.23. The largest absolute Gasteiger partial charge is 0.278 e. The molecule has 10 aromatic rings. The lowest BCUT2D eigenvalue weighted by Crippen LogP contribution is -2.06. The Hall–Kier alpha value is -6.39. The van der Waals surface area contributed by atoms with Crippen LogP contribution in [0.4, 0.5) is 0 Å². The van der Waals surface area contributed by atoms with Crippen LogP contribution in [0.2, 0.25) is 0 Å². The molecule has 0 saturated carbocycles. The molecule has 0 amide bonds. The molecule has 0 N–H and O–H groups in total. The normalized spacial score (nSPS) is 11.8. The third-order valence-corrected chi connectivity index (χ3v) is 9.40. The molecule has 4 heteroatoms. The van der Waals surface area contributed by atoms with Gasteiger partial charge in [0, 0.05) is 21.9 Å². The lowest BCUT2D eigenvalue weighted by atomic mass is 9.95. The van der Waals surface area contributed by atoms with Gasteiger partial charge in [0.2, 0.25) is 5.95 Å². The van der Waals surface area contributed by atoms with Gasteiger partial charge < -0.3 is 0 Å². The van der Waals surface area contributed by atoms with Gasteiger partial charge >= 0.3 is 0 Å². The van der Waals surface area contributed by atoms with Crippen molar-refractivity contribution in [3.05, 3.63) is 158 Å². The molecule has 2 aromatic heterocycles. The Morgan fingerprint density at radius 2 is 0.894 bits per heavy atom. The summed E-state index contributed by atoms with van der Waals surface area (Å²) in [7, 11) is 0. The van der Waals surface area contributed by atoms with E-state index in [1.807, 2.05) is 18.2 Å². The summed E-state index contributed by atoms with van der Waals surface area (Å²) < 4.78 is 2.19. The van der Waals surface area contributed by atoms with E-state index in [1.54, 1.807) is 0 Å². The van der Waals surface area contributed by atoms with Crippen LogP contribution in [0, 0.1) is 0 Å². The number of hydrogen-bond acceptors (Lipinski definition) is 3. The van der Waals surface area contributed by atoms with Crippen LogP contribution in [-0.2, 0) is 0 Å². The summed E-state index contributed by atoms with van der Waals surface area (Å²) in [5, 5.41) is 12.1. The number of nitrogens with zero attached hydrogens (tertiary/aromatic N) is 4. The molecule has 0 aliphatic rings. The van der Waals surface area contributed by atoms with Gasteiger partial charge in [0.25, 0.3) is 0 Å². The van der Waals surface area contributed by atoms with Crippen LogP contribution < -0.4 is 0 Å². The summed E-state index contributed by atoms with van der Waals surface area (Å²) in [5.74, 6) is 1.87. The minimum absolute atomic E-state index is 0.596. The third kappa shape index (κ3) is 3.98. The van der Waals surface area contributed by atoms with E-state index in [0.717, 1.165) is 22.2 Å². The smallest absolute Gasteiger partial charge is 0.238 e. The molecule has 0 saturated heterocycles. The van der Waals surface area contributed by atoms with E-state index in [9.17, 15) is 0 Å². The van der Waals surface area contributed by atoms with Gasteiger partial charge in [0.15, 0.2) is 11.6 Å². The molecule has 8 aromatic carbocycles. The topological polar surface area (TPSA) is 43.6 Å². The Morgan fingerprint density at radius 1 is 0.340 bits per heavy atom. The molecule has 0 radical (unpaired) electrons. The highest BCUT2D eigenvalue weighted by atomic mass is 15.2. The van der Waals surface area contributed by atoms with E-state index in [2.05, 4.69) is 144 Å². The van der Waals surface area contributed by atoms with Crippen LogP contribution in [0.15, 0.2) is 158 Å². The van der Waals surface area contributed by atoms with Crippen molar-refractivity contribution in [3.8, 4) is 28.7 Å². The van der Waals surface area contributed by atoms with Gasteiger partial charge in [-0.15, -0.1) is 0 Å². The highest BCUT2D eigenvalue weighted by Crippen LogP contribution is 2.38. The Labute approximate surface area is 270 Å². The number of rotatable bonds is 3. The summed E-state index contributed by atoms with van der Waals surface area (Å²) >= 11 is 0. The summed E-state index contributed by atoms with van der Waals surface area (Å²) in [4.78, 5) is 15.5. The number of para-hydroxylation sites is 1. The zero-order valence-electron chi connectivity index (χ0n) is 25.3. The number of fused-ring (bicyclic) bond motifs is 10. The van der Waals surface area contributed by atoms with E-state index in [4.69, 9.17) is 15.0 Å². The van der Waals surface area contributed by atoms with E-state index in [1.165, 1.54) is 53.9 Å². The Kier molecular flexibility index (Phi) is 5.54. The maximum atomic E-state index is 5.24. The van der Waals surface area contributed by atoms with Gasteiger partial charge in [-0.1, -0.05) is 140 Å². The molecule has 0 spiro atoms. The van der Waals surface area contributed by atoms with E-state index in [-0.39, 0.29) is 0 Å². The average Bonchev–Trinajstić information content (AvgIpc) is 3.49. The quantitative estimate of drug-likeness (QED) is 0.190. The zero-order chi connectivity index (χ0) is 30.9. The van der Waals surface area contributed by atoms with Crippen LogP contribution >= 0.6 is 0 Å². The molecule has 0 fully saturated rings. The molecular formula is C43H26N4. The fraction of sp³-hybridized carbons (Fsp3) is 0. The van der Waals surface area contributed by atoms with Gasteiger partial charge in [-0.3, -0.25) is 4.57 Å². The number of benzene rings is 8. The first-order valence-corrected chi connectivity index (χ1v) is 15.9. The maximum absolute atomic E-state index is 5.24. The minimum Gasteiger partial charge on any atom is -0.278 e. The van der Waals surface area contributed by atoms with E-state index >= 15 is 0 Å². The lowest BCUT2D eigenvalue weighted by molar-refractivity contribution is 0.954. The van der Waals surface area contributed by atoms with Crippen LogP contribution in [-0.4, -0.2) is 19.5 Å². The zero-order valence-corrected chi connectivity index (χ0v) is 25.3. The van der Waals surface area contributed by atoms with Crippen LogP contribution in [0.1, 0.15) is 0 Å². The van der Waals surface area contributed by atoms with Crippen molar-refractivity contribution in [1.82, 2.24) is 19.5 Å². The molecule has 0 bridgehead atoms. The second-order valence-corrected chi connectivity index (χ2v) is 12.1. The van der Waals surface area contributed by atoms with Crippen LogP contribution in [0.5, 0.6) is 0 Å². The predicted octanol–water partition coefficient (Wildman–Crippen LogP) is 10.9. The Balaban J connectivity index is 1.28. The molecule has 2 heterocycles. The van der Waals surface area contributed by atoms with Crippen molar-refractivity contribution < 1.29 is 0 Å². The molecule has 10 rings (SSSR count). The van der Waals surface area contributed by atoms with Crippen LogP contribution in [0.3, 0.4) is 0 Å². The Bertz CT molecular complexity index is 2850. The Morgan fingerprint density at radius 3 is 1.66 bits per heavy atom. The lowest BCUT2D eigenvalue weighted by Gasteiger charge is -2.12. The molecule has 4 nitrogen and oxygen atoms in total. The second-order valence-electron chi connectivity index (χ2n) is 12.1. The SMILES string of the molecule is c1ccc(-c2nc(-c3ccc4ccc5ccc6ccccc6c5c4c3)nc(-n3c4ccccc4c4c5ccccc5ccc43)n2)cc1. The summed E-state index contributed by atoms with van der Waals surface area (Å²) in [6, 6.07) is 55.7. The highest BCUT2D eigenvalue weighted by Gasteiger charge is 2.19. The van der Waals surface area contributed by atoms with Crippen molar-refractivity contribution in [2.24, 2.45) is 0 Å². The van der Waals surface area contributed by atoms with E-state index in [0.29, 0.717) is 17.6 Å². The first kappa shape index (κ1) is 25.9. The molecule has 0 aliphatic heterocycles. The molecule has 218 valence electrons. The monoisotopic (exact) mass is 598 g/mol. The van der Waals surface area contributed by atoms with Gasteiger partial charge in [-0.2, -0.15) is 9.97 Å². The van der Waals surface area contributed by atoms with Gasteiger partial charge in [0.1, 0.15) is 0 Å². The molecule has 0 aliphatic carbocycles. The van der Waals surface area contributed by atoms with Crippen molar-refractivity contribution in [2.75, 3.05) is 0 Å². The number of aromatic nitrogens is 4. The first-order chi connectivity index (χ1) is 23.3. The standard InChI is InChI=1S/C43H26N4/c1-2-12-31(13-3-1)41-44-42(32-23-20-29-19-22-30-21-18-27-10-4-6-14-33(27)39(30)36(29)26-32)46-43(45-41)47-37-17-9-8-16-35(37)40-34-15-7-5-11-28(34)24-25-38(40)47/h1-26H. The maximum Gasteiger partial charge on any atom is 0.238 e.